The third kappa shape index (κ3) is 4.47. The van der Waals surface area contributed by atoms with Crippen molar-refractivity contribution in [3.63, 3.8) is 0 Å². The van der Waals surface area contributed by atoms with E-state index in [1.165, 1.54) is 29.2 Å². The van der Waals surface area contributed by atoms with Crippen LogP contribution in [0, 0.1) is 11.6 Å². The number of fused-ring (bicyclic) bond motifs is 1. The molecule has 1 amide bonds. The van der Waals surface area contributed by atoms with Gasteiger partial charge in [0.05, 0.1) is 35.7 Å². The van der Waals surface area contributed by atoms with E-state index in [0.717, 1.165) is 6.07 Å². The Morgan fingerprint density at radius 2 is 2.03 bits per heavy atom. The Kier molecular flexibility index (Phi) is 6.56. The molecule has 2 aromatic carbocycles. The van der Waals surface area contributed by atoms with Gasteiger partial charge in [-0.1, -0.05) is 12.1 Å². The molecule has 9 heteroatoms. The number of nitrogens with zero attached hydrogens (tertiary/aromatic N) is 3. The summed E-state index contributed by atoms with van der Waals surface area (Å²) in [5, 5.41) is 17.5. The van der Waals surface area contributed by atoms with Gasteiger partial charge in [-0.15, -0.1) is 0 Å². The highest BCUT2D eigenvalue weighted by Crippen LogP contribution is 2.35. The number of aliphatic hydroxyl groups excluding tert-OH is 1. The summed E-state index contributed by atoms with van der Waals surface area (Å²) >= 11 is 0. The molecule has 176 valence electrons. The minimum atomic E-state index is -0.773. The lowest BCUT2D eigenvalue weighted by Gasteiger charge is -2.20. The second-order valence-corrected chi connectivity index (χ2v) is 7.94. The number of rotatable bonds is 7. The number of hydrogen-bond acceptors (Lipinski definition) is 5. The van der Waals surface area contributed by atoms with E-state index in [-0.39, 0.29) is 30.0 Å². The van der Waals surface area contributed by atoms with Crippen molar-refractivity contribution in [1.82, 2.24) is 20.1 Å². The van der Waals surface area contributed by atoms with Crippen molar-refractivity contribution in [2.75, 3.05) is 13.7 Å². The van der Waals surface area contributed by atoms with Crippen LogP contribution in [0.15, 0.2) is 48.8 Å². The molecule has 1 unspecified atom stereocenters. The number of carbonyl (C=O) groups is 1. The predicted molar refractivity (Wildman–Crippen MR) is 123 cm³/mol. The maximum absolute atomic E-state index is 15.2. The standard InChI is InChI=1S/C25H24F2N4O3/c1-4-34-21-10-16(9-20(27)22(21)15-6-5-7-18(26)8-15)25(33)31(3)13-17-11-28-23(14(2)32)19-12-29-30-24(17)19/h5-12,14,32H,4,13H2,1-3H3,(H,29,30). The van der Waals surface area contributed by atoms with Crippen molar-refractivity contribution in [2.24, 2.45) is 0 Å². The number of halogens is 2. The largest absolute Gasteiger partial charge is 0.493 e. The monoisotopic (exact) mass is 466 g/mol. The summed E-state index contributed by atoms with van der Waals surface area (Å²) in [6.07, 6.45) is 2.38. The van der Waals surface area contributed by atoms with E-state index in [1.807, 2.05) is 0 Å². The summed E-state index contributed by atoms with van der Waals surface area (Å²) in [4.78, 5) is 18.9. The maximum Gasteiger partial charge on any atom is 0.254 e. The minimum absolute atomic E-state index is 0.0950. The fourth-order valence-electron chi connectivity index (χ4n) is 3.91. The normalized spacial score (nSPS) is 12.1. The third-order valence-electron chi connectivity index (χ3n) is 5.46. The van der Waals surface area contributed by atoms with Crippen LogP contribution in [-0.2, 0) is 6.54 Å². The van der Waals surface area contributed by atoms with Gasteiger partial charge in [-0.05, 0) is 43.7 Å². The molecule has 2 aromatic heterocycles. The van der Waals surface area contributed by atoms with Crippen molar-refractivity contribution < 1.29 is 23.4 Å². The Morgan fingerprint density at radius 1 is 1.24 bits per heavy atom. The van der Waals surface area contributed by atoms with E-state index in [4.69, 9.17) is 4.74 Å². The molecule has 0 bridgehead atoms. The Hall–Kier alpha value is -3.85. The number of aromatic amines is 1. The van der Waals surface area contributed by atoms with Gasteiger partial charge in [0.25, 0.3) is 5.91 Å². The van der Waals surface area contributed by atoms with E-state index in [2.05, 4.69) is 15.2 Å². The first kappa shape index (κ1) is 23.3. The van der Waals surface area contributed by atoms with Gasteiger partial charge in [0.2, 0.25) is 0 Å². The summed E-state index contributed by atoms with van der Waals surface area (Å²) in [5.41, 5.74) is 2.34. The van der Waals surface area contributed by atoms with E-state index < -0.39 is 23.6 Å². The summed E-state index contributed by atoms with van der Waals surface area (Å²) in [6, 6.07) is 8.15. The molecule has 34 heavy (non-hydrogen) atoms. The van der Waals surface area contributed by atoms with Gasteiger partial charge in [0.1, 0.15) is 17.4 Å². The maximum atomic E-state index is 15.2. The van der Waals surface area contributed by atoms with Gasteiger partial charge in [-0.3, -0.25) is 14.9 Å². The second-order valence-electron chi connectivity index (χ2n) is 7.94. The Bertz CT molecular complexity index is 1350. The second kappa shape index (κ2) is 9.56. The SMILES string of the molecule is CCOc1cc(C(=O)N(C)Cc2cnc(C(C)O)c3cn[nH]c23)cc(F)c1-c1cccc(F)c1. The Balaban J connectivity index is 1.66. The molecule has 0 aliphatic carbocycles. The number of hydrogen-bond donors (Lipinski definition) is 2. The van der Waals surface area contributed by atoms with E-state index in [0.29, 0.717) is 27.7 Å². The third-order valence-corrected chi connectivity index (χ3v) is 5.46. The average molecular weight is 466 g/mol. The number of H-pyrrole nitrogens is 1. The summed E-state index contributed by atoms with van der Waals surface area (Å²) in [6.45, 7) is 3.77. The Morgan fingerprint density at radius 3 is 2.74 bits per heavy atom. The van der Waals surface area contributed by atoms with Crippen molar-refractivity contribution in [3.8, 4) is 16.9 Å². The molecule has 0 saturated carbocycles. The van der Waals surface area contributed by atoms with Gasteiger partial charge in [0.15, 0.2) is 0 Å². The van der Waals surface area contributed by atoms with Crippen LogP contribution >= 0.6 is 0 Å². The first-order chi connectivity index (χ1) is 16.3. The molecule has 0 radical (unpaired) electrons. The molecule has 2 heterocycles. The van der Waals surface area contributed by atoms with Crippen LogP contribution in [0.3, 0.4) is 0 Å². The van der Waals surface area contributed by atoms with Crippen molar-refractivity contribution in [1.29, 1.82) is 0 Å². The lowest BCUT2D eigenvalue weighted by atomic mass is 10.0. The molecule has 0 saturated heterocycles. The molecule has 0 fully saturated rings. The minimum Gasteiger partial charge on any atom is -0.493 e. The van der Waals surface area contributed by atoms with Crippen molar-refractivity contribution in [3.05, 3.63) is 77.2 Å². The molecule has 1 atom stereocenters. The highest BCUT2D eigenvalue weighted by molar-refractivity contribution is 5.96. The van der Waals surface area contributed by atoms with Crippen LogP contribution < -0.4 is 4.74 Å². The highest BCUT2D eigenvalue weighted by Gasteiger charge is 2.21. The molecule has 0 aliphatic heterocycles. The predicted octanol–water partition coefficient (Wildman–Crippen LogP) is 4.63. The average Bonchev–Trinajstić information content (AvgIpc) is 3.29. The summed E-state index contributed by atoms with van der Waals surface area (Å²) in [7, 11) is 1.59. The number of carbonyl (C=O) groups excluding carboxylic acids is 1. The number of nitrogens with one attached hydrogen (secondary N) is 1. The zero-order valence-corrected chi connectivity index (χ0v) is 19.0. The number of aromatic nitrogens is 3. The van der Waals surface area contributed by atoms with E-state index in [1.54, 1.807) is 39.4 Å². The quantitative estimate of drug-likeness (QED) is 0.415. The molecule has 4 aromatic rings. The number of ether oxygens (including phenoxy) is 1. The number of pyridine rings is 1. The number of benzene rings is 2. The summed E-state index contributed by atoms with van der Waals surface area (Å²) < 4.78 is 34.5. The highest BCUT2D eigenvalue weighted by atomic mass is 19.1. The van der Waals surface area contributed by atoms with Gasteiger partial charge in [0, 0.05) is 36.3 Å². The molecule has 4 rings (SSSR count). The lowest BCUT2D eigenvalue weighted by Crippen LogP contribution is -2.26. The van der Waals surface area contributed by atoms with Crippen LogP contribution in [0.25, 0.3) is 22.0 Å². The Labute approximate surface area is 195 Å². The molecule has 2 N–H and O–H groups in total. The van der Waals surface area contributed by atoms with Crippen molar-refractivity contribution in [2.45, 2.75) is 26.5 Å². The van der Waals surface area contributed by atoms with Crippen LogP contribution in [0.4, 0.5) is 8.78 Å². The fourth-order valence-corrected chi connectivity index (χ4v) is 3.91. The first-order valence-electron chi connectivity index (χ1n) is 10.8. The molecule has 7 nitrogen and oxygen atoms in total. The molecular formula is C25H24F2N4O3. The molecular weight excluding hydrogens is 442 g/mol. The van der Waals surface area contributed by atoms with Crippen LogP contribution in [0.2, 0.25) is 0 Å². The van der Waals surface area contributed by atoms with Gasteiger partial charge in [-0.25, -0.2) is 8.78 Å². The fraction of sp³-hybridized carbons (Fsp3) is 0.240. The van der Waals surface area contributed by atoms with Gasteiger partial charge in [-0.2, -0.15) is 5.10 Å². The smallest absolute Gasteiger partial charge is 0.254 e. The number of amides is 1. The first-order valence-corrected chi connectivity index (χ1v) is 10.8. The lowest BCUT2D eigenvalue weighted by molar-refractivity contribution is 0.0784. The number of aliphatic hydroxyl groups is 1. The van der Waals surface area contributed by atoms with Crippen LogP contribution in [0.1, 0.15) is 41.6 Å². The zero-order valence-electron chi connectivity index (χ0n) is 19.0. The van der Waals surface area contributed by atoms with Gasteiger partial charge >= 0.3 is 0 Å². The zero-order chi connectivity index (χ0) is 24.4. The van der Waals surface area contributed by atoms with Crippen molar-refractivity contribution >= 4 is 16.8 Å². The van der Waals surface area contributed by atoms with Crippen LogP contribution in [-0.4, -0.2) is 44.7 Å². The topological polar surface area (TPSA) is 91.3 Å². The van der Waals surface area contributed by atoms with Crippen LogP contribution in [0.5, 0.6) is 5.75 Å². The summed E-state index contributed by atoms with van der Waals surface area (Å²) in [5.74, 6) is -1.46. The molecule has 0 aliphatic rings. The van der Waals surface area contributed by atoms with Gasteiger partial charge < -0.3 is 14.7 Å². The van der Waals surface area contributed by atoms with E-state index in [9.17, 15) is 14.3 Å². The van der Waals surface area contributed by atoms with E-state index >= 15 is 4.39 Å². The molecule has 0 spiro atoms.